The fourth-order valence-corrected chi connectivity index (χ4v) is 3.42. The van der Waals surface area contributed by atoms with E-state index >= 15 is 0 Å². The van der Waals surface area contributed by atoms with E-state index in [2.05, 4.69) is 46.6 Å². The second-order valence-electron chi connectivity index (χ2n) is 5.77. The van der Waals surface area contributed by atoms with Crippen molar-refractivity contribution >= 4 is 60.0 Å². The van der Waals surface area contributed by atoms with Gasteiger partial charge < -0.3 is 18.7 Å². The van der Waals surface area contributed by atoms with Crippen molar-refractivity contribution in [1.82, 2.24) is 9.97 Å². The first-order chi connectivity index (χ1) is 13.3. The Bertz CT molecular complexity index is 1170. The van der Waals surface area contributed by atoms with Crippen molar-refractivity contribution < 1.29 is 23.5 Å². The van der Waals surface area contributed by atoms with Crippen molar-refractivity contribution in [2.75, 3.05) is 7.11 Å². The van der Waals surface area contributed by atoms with Crippen LogP contribution in [0, 0.1) is 13.8 Å². The molecule has 4 rings (SSSR count). The number of aliphatic hydroxyl groups is 1. The van der Waals surface area contributed by atoms with Crippen molar-refractivity contribution in [2.45, 2.75) is 27.9 Å². The third kappa shape index (κ3) is 4.68. The zero-order valence-electron chi connectivity index (χ0n) is 15.2. The number of halogens is 2. The summed E-state index contributed by atoms with van der Waals surface area (Å²) in [6.45, 7) is 3.50. The minimum atomic E-state index is -0.416. The van der Waals surface area contributed by atoms with Crippen LogP contribution in [0.1, 0.15) is 35.1 Å². The maximum Gasteiger partial charge on any atom is 0.340 e. The topological polar surface area (TPSA) is 98.6 Å². The van der Waals surface area contributed by atoms with Crippen LogP contribution in [0.2, 0.25) is 0 Å². The van der Waals surface area contributed by atoms with Crippen LogP contribution in [-0.4, -0.2) is 28.2 Å². The molecule has 2 heterocycles. The molecule has 29 heavy (non-hydrogen) atoms. The number of benzene rings is 2. The van der Waals surface area contributed by atoms with Crippen molar-refractivity contribution in [2.24, 2.45) is 0 Å². The number of carbonyl (C=O) groups is 1. The van der Waals surface area contributed by atoms with Gasteiger partial charge in [0.2, 0.25) is 0 Å². The van der Waals surface area contributed by atoms with Gasteiger partial charge in [-0.3, -0.25) is 0 Å². The maximum atomic E-state index is 11.4. The van der Waals surface area contributed by atoms with Crippen LogP contribution in [0.5, 0.6) is 0 Å². The molecule has 1 N–H and O–H groups in total. The second kappa shape index (κ2) is 9.51. The van der Waals surface area contributed by atoms with Gasteiger partial charge in [0.25, 0.3) is 0 Å². The van der Waals surface area contributed by atoms with Crippen molar-refractivity contribution in [3.63, 3.8) is 0 Å². The summed E-state index contributed by atoms with van der Waals surface area (Å²) in [6.07, 6.45) is 0. The minimum Gasteiger partial charge on any atom is -0.465 e. The normalized spacial score (nSPS) is 10.4. The van der Waals surface area contributed by atoms with E-state index in [1.54, 1.807) is 26.0 Å². The highest BCUT2D eigenvalue weighted by Gasteiger charge is 2.16. The monoisotopic (exact) mass is 526 g/mol. The van der Waals surface area contributed by atoms with E-state index < -0.39 is 5.97 Å². The number of rotatable bonds is 2. The first kappa shape index (κ1) is 23.1. The van der Waals surface area contributed by atoms with E-state index in [9.17, 15) is 4.79 Å². The van der Waals surface area contributed by atoms with Crippen LogP contribution in [0.25, 0.3) is 22.2 Å². The van der Waals surface area contributed by atoms with E-state index in [4.69, 9.17) is 13.9 Å². The molecule has 0 radical (unpaired) electrons. The van der Waals surface area contributed by atoms with Gasteiger partial charge in [0.15, 0.2) is 22.9 Å². The predicted molar refractivity (Wildman–Crippen MR) is 117 cm³/mol. The van der Waals surface area contributed by atoms with E-state index in [0.29, 0.717) is 34.0 Å². The van der Waals surface area contributed by atoms with E-state index in [1.165, 1.54) is 7.11 Å². The molecule has 4 aromatic rings. The fraction of sp³-hybridized carbons (Fsp3) is 0.250. The number of fused-ring (bicyclic) bond motifs is 2. The van der Waals surface area contributed by atoms with Crippen LogP contribution in [0.3, 0.4) is 0 Å². The number of oxazole rings is 2. The van der Waals surface area contributed by atoms with Crippen LogP contribution in [-0.2, 0) is 11.3 Å². The molecule has 154 valence electrons. The average molecular weight is 528 g/mol. The number of aliphatic hydroxyl groups excluding tert-OH is 1. The molecule has 0 aliphatic heterocycles. The summed E-state index contributed by atoms with van der Waals surface area (Å²) in [5, 5.41) is 9.04. The standard InChI is InChI=1S/C10H8BrNO3.C9H8BrNO2.CH4/c1-5-12-8-6(10(13)14-2)3-4-7(11)9(8)15-5;1-5-11-8-6(4-12)2-3-7(10)9(8)13-5;/h3-4H,1-2H3;2-3,12H,4H2,1H3;1H4. The first-order valence-electron chi connectivity index (χ1n) is 8.15. The quantitative estimate of drug-likeness (QED) is 0.333. The Hall–Kier alpha value is -2.23. The van der Waals surface area contributed by atoms with Crippen molar-refractivity contribution in [1.29, 1.82) is 0 Å². The Morgan fingerprint density at radius 1 is 1.00 bits per heavy atom. The number of hydrogen-bond donors (Lipinski definition) is 1. The molecule has 2 aromatic carbocycles. The highest BCUT2D eigenvalue weighted by molar-refractivity contribution is 9.11. The van der Waals surface area contributed by atoms with Gasteiger partial charge in [-0.2, -0.15) is 0 Å². The molecular formula is C20H20Br2N2O5. The molecule has 7 nitrogen and oxygen atoms in total. The lowest BCUT2D eigenvalue weighted by atomic mass is 10.2. The molecule has 0 aliphatic rings. The third-order valence-corrected chi connectivity index (χ3v) is 5.11. The molecule has 0 atom stereocenters. The van der Waals surface area contributed by atoms with Gasteiger partial charge in [0.05, 0.1) is 28.2 Å². The number of esters is 1. The van der Waals surface area contributed by atoms with Gasteiger partial charge in [-0.25, -0.2) is 14.8 Å². The Morgan fingerprint density at radius 3 is 2.07 bits per heavy atom. The molecule has 0 unspecified atom stereocenters. The third-order valence-electron chi connectivity index (χ3n) is 3.86. The number of aromatic nitrogens is 2. The summed E-state index contributed by atoms with van der Waals surface area (Å²) in [4.78, 5) is 19.8. The molecule has 0 bridgehead atoms. The van der Waals surface area contributed by atoms with Gasteiger partial charge in [0, 0.05) is 19.4 Å². The summed E-state index contributed by atoms with van der Waals surface area (Å²) in [6, 6.07) is 7.06. The average Bonchev–Trinajstić information content (AvgIpc) is 3.26. The first-order valence-corrected chi connectivity index (χ1v) is 9.73. The van der Waals surface area contributed by atoms with Gasteiger partial charge in [0.1, 0.15) is 11.0 Å². The second-order valence-corrected chi connectivity index (χ2v) is 7.48. The van der Waals surface area contributed by atoms with Crippen LogP contribution in [0.15, 0.2) is 42.0 Å². The molecule has 0 amide bonds. The largest absolute Gasteiger partial charge is 0.465 e. The minimum absolute atomic E-state index is 0. The van der Waals surface area contributed by atoms with Crippen LogP contribution < -0.4 is 0 Å². The number of aryl methyl sites for hydroxylation is 2. The molecule has 0 aliphatic carbocycles. The molecule has 0 saturated carbocycles. The highest BCUT2D eigenvalue weighted by atomic mass is 79.9. The number of ether oxygens (including phenoxy) is 1. The lowest BCUT2D eigenvalue weighted by molar-refractivity contribution is 0.0602. The van der Waals surface area contributed by atoms with E-state index in [0.717, 1.165) is 20.0 Å². The van der Waals surface area contributed by atoms with E-state index in [1.807, 2.05) is 12.1 Å². The summed E-state index contributed by atoms with van der Waals surface area (Å²) < 4.78 is 17.0. The lowest BCUT2D eigenvalue weighted by Gasteiger charge is -1.99. The fourth-order valence-electron chi connectivity index (χ4n) is 2.62. The van der Waals surface area contributed by atoms with Gasteiger partial charge in [-0.15, -0.1) is 0 Å². The molecule has 9 heteroatoms. The zero-order chi connectivity index (χ0) is 20.4. The predicted octanol–water partition coefficient (Wildman–Crippen LogP) is 5.71. The Labute approximate surface area is 184 Å². The maximum absolute atomic E-state index is 11.4. The smallest absolute Gasteiger partial charge is 0.340 e. The van der Waals surface area contributed by atoms with Gasteiger partial charge in [-0.05, 0) is 50.1 Å². The number of hydrogen-bond acceptors (Lipinski definition) is 7. The van der Waals surface area contributed by atoms with Gasteiger partial charge in [-0.1, -0.05) is 13.5 Å². The van der Waals surface area contributed by atoms with Crippen molar-refractivity contribution in [3.05, 3.63) is 56.1 Å². The lowest BCUT2D eigenvalue weighted by Crippen LogP contribution is -2.01. The Kier molecular flexibility index (Phi) is 7.56. The summed E-state index contributed by atoms with van der Waals surface area (Å²) in [7, 11) is 1.34. The summed E-state index contributed by atoms with van der Waals surface area (Å²) in [5.41, 5.74) is 3.71. The summed E-state index contributed by atoms with van der Waals surface area (Å²) >= 11 is 6.69. The van der Waals surface area contributed by atoms with Gasteiger partial charge >= 0.3 is 5.97 Å². The molecule has 0 saturated heterocycles. The molecular weight excluding hydrogens is 508 g/mol. The molecule has 2 aromatic heterocycles. The Morgan fingerprint density at radius 2 is 1.52 bits per heavy atom. The van der Waals surface area contributed by atoms with E-state index in [-0.39, 0.29) is 14.0 Å². The molecule has 0 spiro atoms. The highest BCUT2D eigenvalue weighted by Crippen LogP contribution is 2.28. The molecule has 0 fully saturated rings. The number of methoxy groups -OCH3 is 1. The number of carbonyl (C=O) groups excluding carboxylic acids is 1. The summed E-state index contributed by atoms with van der Waals surface area (Å²) in [5.74, 6) is 0.708. The SMILES string of the molecule is C.COC(=O)c1ccc(Br)c2oc(C)nc12.Cc1nc2c(CO)ccc(Br)c2o1. The van der Waals surface area contributed by atoms with Crippen molar-refractivity contribution in [3.8, 4) is 0 Å². The van der Waals surface area contributed by atoms with Crippen LogP contribution >= 0.6 is 31.9 Å². The van der Waals surface area contributed by atoms with Crippen LogP contribution in [0.4, 0.5) is 0 Å². The zero-order valence-corrected chi connectivity index (χ0v) is 18.4. The Balaban J connectivity index is 0.000000202. The number of nitrogens with zero attached hydrogens (tertiary/aromatic N) is 2.